The molecule has 0 spiro atoms. The van der Waals surface area contributed by atoms with E-state index >= 15 is 0 Å². The van der Waals surface area contributed by atoms with Gasteiger partial charge in [0.15, 0.2) is 0 Å². The predicted octanol–water partition coefficient (Wildman–Crippen LogP) is 6.40. The van der Waals surface area contributed by atoms with Gasteiger partial charge in [0.1, 0.15) is 11.3 Å². The zero-order chi connectivity index (χ0) is 17.0. The maximum absolute atomic E-state index is 11.8. The van der Waals surface area contributed by atoms with E-state index in [1.807, 2.05) is 6.07 Å². The van der Waals surface area contributed by atoms with Gasteiger partial charge in [-0.05, 0) is 18.6 Å². The van der Waals surface area contributed by atoms with E-state index in [2.05, 4.69) is 6.92 Å². The van der Waals surface area contributed by atoms with Crippen LogP contribution in [0.25, 0.3) is 0 Å². The predicted molar refractivity (Wildman–Crippen MR) is 97.2 cm³/mol. The van der Waals surface area contributed by atoms with Gasteiger partial charge in [-0.15, -0.1) is 0 Å². The van der Waals surface area contributed by atoms with Crippen molar-refractivity contribution in [2.45, 2.75) is 71.1 Å². The van der Waals surface area contributed by atoms with Crippen molar-refractivity contribution in [3.05, 3.63) is 29.8 Å². The molecule has 0 fully saturated rings. The molecule has 0 radical (unpaired) electrons. The smallest absolute Gasteiger partial charge is 0.417 e. The van der Waals surface area contributed by atoms with Gasteiger partial charge in [-0.3, -0.25) is 4.52 Å². The van der Waals surface area contributed by atoms with Gasteiger partial charge in [0.05, 0.1) is 6.61 Å². The lowest BCUT2D eigenvalue weighted by Crippen LogP contribution is -2.13. The zero-order valence-electron chi connectivity index (χ0n) is 14.7. The number of fused-ring (bicyclic) bond motifs is 1. The molecule has 2 rings (SSSR count). The molecule has 4 nitrogen and oxygen atoms in total. The standard InChI is InChI=1S/C19H29O4P/c1-2-3-4-5-6-7-8-9-10-13-16-21-24-22-18-15-12-11-14-17(18)19(20)23-24/h11-12,14-15H,2-10,13,16H2,1H3. The molecular formula is C19H29O4P. The molecule has 1 aromatic carbocycles. The van der Waals surface area contributed by atoms with Gasteiger partial charge in [0, 0.05) is 0 Å². The highest BCUT2D eigenvalue weighted by Crippen LogP contribution is 2.46. The summed E-state index contributed by atoms with van der Waals surface area (Å²) in [4.78, 5) is 11.8. The number of carbonyl (C=O) groups is 1. The molecule has 0 saturated carbocycles. The van der Waals surface area contributed by atoms with Crippen molar-refractivity contribution in [1.82, 2.24) is 0 Å². The molecular weight excluding hydrogens is 323 g/mol. The van der Waals surface area contributed by atoms with Gasteiger partial charge in [0.25, 0.3) is 0 Å². The lowest BCUT2D eigenvalue weighted by molar-refractivity contribution is 0.0671. The third kappa shape index (κ3) is 6.78. The van der Waals surface area contributed by atoms with Crippen molar-refractivity contribution in [2.24, 2.45) is 0 Å². The molecule has 0 amide bonds. The number of hydrogen-bond acceptors (Lipinski definition) is 4. The summed E-state index contributed by atoms with van der Waals surface area (Å²) >= 11 is 0. The van der Waals surface area contributed by atoms with E-state index in [-0.39, 0.29) is 5.97 Å². The fourth-order valence-corrected chi connectivity index (χ4v) is 3.69. The third-order valence-electron chi connectivity index (χ3n) is 4.13. The van der Waals surface area contributed by atoms with Gasteiger partial charge < -0.3 is 9.05 Å². The van der Waals surface area contributed by atoms with Crippen LogP contribution in [0.2, 0.25) is 0 Å². The van der Waals surface area contributed by atoms with Gasteiger partial charge in [0.2, 0.25) is 0 Å². The quantitative estimate of drug-likeness (QED) is 0.322. The summed E-state index contributed by atoms with van der Waals surface area (Å²) in [5.74, 6) is 0.203. The summed E-state index contributed by atoms with van der Waals surface area (Å²) in [5, 5.41) is 0. The number of carbonyl (C=O) groups excluding carboxylic acids is 1. The van der Waals surface area contributed by atoms with E-state index in [1.54, 1.807) is 18.2 Å². The van der Waals surface area contributed by atoms with E-state index in [4.69, 9.17) is 13.6 Å². The Balaban J connectivity index is 1.48. The van der Waals surface area contributed by atoms with E-state index < -0.39 is 8.60 Å². The lowest BCUT2D eigenvalue weighted by atomic mass is 10.1. The second-order valence-corrected chi connectivity index (χ2v) is 7.28. The molecule has 0 saturated heterocycles. The van der Waals surface area contributed by atoms with Crippen molar-refractivity contribution < 1.29 is 18.4 Å². The molecule has 0 bridgehead atoms. The molecule has 1 aromatic rings. The van der Waals surface area contributed by atoms with E-state index in [9.17, 15) is 4.79 Å². The first-order valence-electron chi connectivity index (χ1n) is 9.23. The molecule has 1 heterocycles. The topological polar surface area (TPSA) is 44.8 Å². The SMILES string of the molecule is CCCCCCCCCCCCOP1OC(=O)c2ccccc2O1. The number of benzene rings is 1. The molecule has 5 heteroatoms. The highest BCUT2D eigenvalue weighted by Gasteiger charge is 2.30. The summed E-state index contributed by atoms with van der Waals surface area (Å²) < 4.78 is 16.4. The summed E-state index contributed by atoms with van der Waals surface area (Å²) in [5.41, 5.74) is 0.471. The lowest BCUT2D eigenvalue weighted by Gasteiger charge is -2.22. The van der Waals surface area contributed by atoms with Crippen LogP contribution in [0.3, 0.4) is 0 Å². The average Bonchev–Trinajstić information content (AvgIpc) is 2.60. The van der Waals surface area contributed by atoms with Crippen molar-refractivity contribution in [3.63, 3.8) is 0 Å². The summed E-state index contributed by atoms with van der Waals surface area (Å²) in [7, 11) is -1.58. The van der Waals surface area contributed by atoms with Gasteiger partial charge in [-0.25, -0.2) is 4.79 Å². The molecule has 0 aromatic heterocycles. The maximum Gasteiger partial charge on any atom is 0.465 e. The van der Waals surface area contributed by atoms with Gasteiger partial charge in [-0.1, -0.05) is 76.8 Å². The van der Waals surface area contributed by atoms with Gasteiger partial charge >= 0.3 is 14.6 Å². The van der Waals surface area contributed by atoms with Crippen LogP contribution in [0.1, 0.15) is 81.5 Å². The van der Waals surface area contributed by atoms with Crippen LogP contribution in [-0.4, -0.2) is 12.6 Å². The van der Waals surface area contributed by atoms with Crippen LogP contribution >= 0.6 is 8.60 Å². The Hall–Kier alpha value is -1.12. The van der Waals surface area contributed by atoms with Crippen LogP contribution in [0, 0.1) is 0 Å². The average molecular weight is 352 g/mol. The van der Waals surface area contributed by atoms with Crippen LogP contribution < -0.4 is 4.52 Å². The molecule has 1 aliphatic heterocycles. The minimum Gasteiger partial charge on any atom is -0.417 e. The van der Waals surface area contributed by atoms with Crippen molar-refractivity contribution in [1.29, 1.82) is 0 Å². The molecule has 1 aliphatic rings. The van der Waals surface area contributed by atoms with Crippen molar-refractivity contribution in [2.75, 3.05) is 6.61 Å². The van der Waals surface area contributed by atoms with E-state index in [1.165, 1.54) is 51.4 Å². The van der Waals surface area contributed by atoms with E-state index in [0.717, 1.165) is 12.8 Å². The number of rotatable bonds is 12. The van der Waals surface area contributed by atoms with Crippen molar-refractivity contribution >= 4 is 14.6 Å². The monoisotopic (exact) mass is 352 g/mol. The Bertz CT molecular complexity index is 492. The Kier molecular flexibility index (Phi) is 9.15. The molecule has 0 N–H and O–H groups in total. The fraction of sp³-hybridized carbons (Fsp3) is 0.632. The Labute approximate surface area is 146 Å². The summed E-state index contributed by atoms with van der Waals surface area (Å²) in [6, 6.07) is 7.11. The molecule has 134 valence electrons. The summed E-state index contributed by atoms with van der Waals surface area (Å²) in [6.45, 7) is 2.83. The molecule has 1 unspecified atom stereocenters. The molecule has 24 heavy (non-hydrogen) atoms. The number of para-hydroxylation sites is 1. The van der Waals surface area contributed by atoms with E-state index in [0.29, 0.717) is 17.9 Å². The third-order valence-corrected chi connectivity index (χ3v) is 5.19. The van der Waals surface area contributed by atoms with Crippen LogP contribution in [0.15, 0.2) is 24.3 Å². The second kappa shape index (κ2) is 11.4. The first-order valence-corrected chi connectivity index (χ1v) is 10.3. The Morgan fingerprint density at radius 3 is 2.21 bits per heavy atom. The largest absolute Gasteiger partial charge is 0.465 e. The fourth-order valence-electron chi connectivity index (χ4n) is 2.71. The highest BCUT2D eigenvalue weighted by molar-refractivity contribution is 7.43. The van der Waals surface area contributed by atoms with Crippen LogP contribution in [-0.2, 0) is 9.05 Å². The minimum atomic E-state index is -1.58. The maximum atomic E-state index is 11.8. The summed E-state index contributed by atoms with van der Waals surface area (Å²) in [6.07, 6.45) is 12.9. The molecule has 0 aliphatic carbocycles. The first kappa shape index (κ1) is 19.2. The Morgan fingerprint density at radius 2 is 1.50 bits per heavy atom. The highest BCUT2D eigenvalue weighted by atomic mass is 31.2. The molecule has 1 atom stereocenters. The van der Waals surface area contributed by atoms with Crippen LogP contribution in [0.5, 0.6) is 5.75 Å². The van der Waals surface area contributed by atoms with Crippen LogP contribution in [0.4, 0.5) is 0 Å². The van der Waals surface area contributed by atoms with Gasteiger partial charge in [-0.2, -0.15) is 0 Å². The minimum absolute atomic E-state index is 0.356. The normalized spacial score (nSPS) is 16.4. The first-order chi connectivity index (χ1) is 11.8. The second-order valence-electron chi connectivity index (χ2n) is 6.21. The zero-order valence-corrected chi connectivity index (χ0v) is 15.6. The number of hydrogen-bond donors (Lipinski definition) is 0. The van der Waals surface area contributed by atoms with Crippen molar-refractivity contribution in [3.8, 4) is 5.75 Å². The Morgan fingerprint density at radius 1 is 0.875 bits per heavy atom. The number of unbranched alkanes of at least 4 members (excludes halogenated alkanes) is 9.